The molecule has 0 aliphatic carbocycles. The second-order valence-electron chi connectivity index (χ2n) is 5.10. The summed E-state index contributed by atoms with van der Waals surface area (Å²) in [6, 6.07) is 5.60. The molecule has 2 rings (SSSR count). The van der Waals surface area contributed by atoms with Crippen LogP contribution in [-0.2, 0) is 6.42 Å². The summed E-state index contributed by atoms with van der Waals surface area (Å²) in [5.74, 6) is 0.107. The molecular weight excluding hydrogens is 240 g/mol. The maximum atomic E-state index is 12.3. The third-order valence-corrected chi connectivity index (χ3v) is 3.64. The van der Waals surface area contributed by atoms with Gasteiger partial charge >= 0.3 is 0 Å². The lowest BCUT2D eigenvalue weighted by atomic mass is 9.98. The fourth-order valence-electron chi connectivity index (χ4n) is 2.52. The molecule has 0 saturated carbocycles. The van der Waals surface area contributed by atoms with Gasteiger partial charge in [0, 0.05) is 30.9 Å². The predicted molar refractivity (Wildman–Crippen MR) is 76.0 cm³/mol. The lowest BCUT2D eigenvalue weighted by molar-refractivity contribution is 0.0736. The molecule has 1 amide bonds. The van der Waals surface area contributed by atoms with Crippen LogP contribution in [0.3, 0.4) is 0 Å². The Balaban J connectivity index is 1.90. The van der Waals surface area contributed by atoms with Crippen LogP contribution in [0.5, 0.6) is 0 Å². The molecule has 0 aromatic heterocycles. The van der Waals surface area contributed by atoms with Gasteiger partial charge in [-0.2, -0.15) is 0 Å². The number of anilines is 1. The Labute approximate surface area is 114 Å². The molecule has 1 aromatic carbocycles. The highest BCUT2D eigenvalue weighted by Gasteiger charge is 2.23. The average molecular weight is 262 g/mol. The summed E-state index contributed by atoms with van der Waals surface area (Å²) in [5.41, 5.74) is 8.27. The van der Waals surface area contributed by atoms with Crippen LogP contribution in [0.15, 0.2) is 18.2 Å². The molecule has 0 unspecified atom stereocenters. The van der Waals surface area contributed by atoms with Crippen molar-refractivity contribution >= 4 is 11.6 Å². The molecule has 4 heteroatoms. The summed E-state index contributed by atoms with van der Waals surface area (Å²) >= 11 is 0. The van der Waals surface area contributed by atoms with Gasteiger partial charge in [-0.3, -0.25) is 4.79 Å². The third-order valence-electron chi connectivity index (χ3n) is 3.64. The van der Waals surface area contributed by atoms with Crippen molar-refractivity contribution in [3.8, 4) is 0 Å². The fraction of sp³-hybridized carbons (Fsp3) is 0.533. The van der Waals surface area contributed by atoms with Crippen molar-refractivity contribution in [3.05, 3.63) is 29.3 Å². The van der Waals surface area contributed by atoms with Crippen LogP contribution in [-0.4, -0.2) is 35.6 Å². The van der Waals surface area contributed by atoms with Gasteiger partial charge in [0.15, 0.2) is 0 Å². The largest absolute Gasteiger partial charge is 0.399 e. The normalized spacial score (nSPS) is 14.6. The second kappa shape index (κ2) is 6.57. The van der Waals surface area contributed by atoms with Crippen LogP contribution in [0.2, 0.25) is 0 Å². The Kier molecular flexibility index (Phi) is 4.80. The van der Waals surface area contributed by atoms with Crippen molar-refractivity contribution in [2.45, 2.75) is 32.1 Å². The summed E-state index contributed by atoms with van der Waals surface area (Å²) in [7, 11) is 0. The van der Waals surface area contributed by atoms with E-state index in [0.29, 0.717) is 5.69 Å². The maximum absolute atomic E-state index is 12.3. The van der Waals surface area contributed by atoms with E-state index >= 15 is 0 Å². The van der Waals surface area contributed by atoms with E-state index in [4.69, 9.17) is 10.8 Å². The van der Waals surface area contributed by atoms with Crippen molar-refractivity contribution < 1.29 is 9.90 Å². The number of amides is 1. The molecule has 0 saturated heterocycles. The Morgan fingerprint density at radius 2 is 2.00 bits per heavy atom. The summed E-state index contributed by atoms with van der Waals surface area (Å²) in [6.45, 7) is 1.86. The summed E-state index contributed by atoms with van der Waals surface area (Å²) in [5, 5.41) is 8.72. The van der Waals surface area contributed by atoms with Crippen molar-refractivity contribution in [2.75, 3.05) is 25.4 Å². The zero-order chi connectivity index (χ0) is 13.7. The number of unbranched alkanes of at least 4 members (excludes halogenated alkanes) is 3. The molecule has 4 nitrogen and oxygen atoms in total. The van der Waals surface area contributed by atoms with Gasteiger partial charge in [-0.25, -0.2) is 0 Å². The highest BCUT2D eigenvalue weighted by Crippen LogP contribution is 2.21. The van der Waals surface area contributed by atoms with E-state index in [-0.39, 0.29) is 12.5 Å². The number of carbonyl (C=O) groups is 1. The first kappa shape index (κ1) is 13.9. The molecule has 0 radical (unpaired) electrons. The van der Waals surface area contributed by atoms with E-state index in [1.807, 2.05) is 17.0 Å². The van der Waals surface area contributed by atoms with Crippen LogP contribution >= 0.6 is 0 Å². The maximum Gasteiger partial charge on any atom is 0.254 e. The molecule has 19 heavy (non-hydrogen) atoms. The topological polar surface area (TPSA) is 66.6 Å². The van der Waals surface area contributed by atoms with E-state index in [1.165, 1.54) is 0 Å². The monoisotopic (exact) mass is 262 g/mol. The van der Waals surface area contributed by atoms with Crippen LogP contribution in [0, 0.1) is 0 Å². The first-order valence-electron chi connectivity index (χ1n) is 7.01. The van der Waals surface area contributed by atoms with Crippen molar-refractivity contribution in [2.24, 2.45) is 0 Å². The Hall–Kier alpha value is -1.55. The van der Waals surface area contributed by atoms with Gasteiger partial charge in [0.1, 0.15) is 0 Å². The molecule has 1 aliphatic heterocycles. The van der Waals surface area contributed by atoms with E-state index in [2.05, 4.69) is 0 Å². The quantitative estimate of drug-likeness (QED) is 0.607. The minimum atomic E-state index is 0.107. The van der Waals surface area contributed by atoms with Crippen molar-refractivity contribution in [1.29, 1.82) is 0 Å². The number of aliphatic hydroxyl groups is 1. The van der Waals surface area contributed by atoms with Gasteiger partial charge in [-0.1, -0.05) is 18.9 Å². The lowest BCUT2D eigenvalue weighted by Crippen LogP contribution is -2.38. The molecule has 1 aromatic rings. The molecule has 1 heterocycles. The van der Waals surface area contributed by atoms with Gasteiger partial charge in [-0.05, 0) is 37.0 Å². The summed E-state index contributed by atoms with van der Waals surface area (Å²) in [4.78, 5) is 14.2. The van der Waals surface area contributed by atoms with Crippen LogP contribution in [0.4, 0.5) is 5.69 Å². The molecule has 104 valence electrons. The van der Waals surface area contributed by atoms with Gasteiger partial charge in [0.25, 0.3) is 5.91 Å². The molecule has 0 atom stereocenters. The molecule has 0 spiro atoms. The molecular formula is C15H22N2O2. The number of benzene rings is 1. The number of nitrogen functional groups attached to an aromatic ring is 1. The van der Waals surface area contributed by atoms with Gasteiger partial charge < -0.3 is 15.7 Å². The highest BCUT2D eigenvalue weighted by atomic mass is 16.2. The number of carbonyl (C=O) groups excluding carboxylic acids is 1. The Morgan fingerprint density at radius 3 is 2.79 bits per heavy atom. The number of fused-ring (bicyclic) bond motifs is 1. The average Bonchev–Trinajstić information content (AvgIpc) is 2.41. The Morgan fingerprint density at radius 1 is 1.21 bits per heavy atom. The number of hydrogen-bond acceptors (Lipinski definition) is 3. The molecule has 1 aliphatic rings. The van der Waals surface area contributed by atoms with E-state index in [9.17, 15) is 4.79 Å². The second-order valence-corrected chi connectivity index (χ2v) is 5.10. The van der Waals surface area contributed by atoms with Crippen LogP contribution in [0.25, 0.3) is 0 Å². The minimum Gasteiger partial charge on any atom is -0.399 e. The predicted octanol–water partition coefficient (Wildman–Crippen LogP) is 1.82. The third kappa shape index (κ3) is 3.47. The summed E-state index contributed by atoms with van der Waals surface area (Å²) in [6.07, 6.45) is 4.87. The molecule has 3 N–H and O–H groups in total. The van der Waals surface area contributed by atoms with Gasteiger partial charge in [0.05, 0.1) is 0 Å². The van der Waals surface area contributed by atoms with E-state index in [0.717, 1.165) is 56.3 Å². The molecule has 0 fully saturated rings. The number of hydrogen-bond donors (Lipinski definition) is 2. The highest BCUT2D eigenvalue weighted by molar-refractivity contribution is 5.97. The SMILES string of the molecule is Nc1ccc2c(c1)C(=O)N(CCCCCCO)CC2. The lowest BCUT2D eigenvalue weighted by Gasteiger charge is -2.28. The van der Waals surface area contributed by atoms with Gasteiger partial charge in [-0.15, -0.1) is 0 Å². The van der Waals surface area contributed by atoms with Crippen LogP contribution in [0.1, 0.15) is 41.6 Å². The number of nitrogens with zero attached hydrogens (tertiary/aromatic N) is 1. The number of rotatable bonds is 6. The van der Waals surface area contributed by atoms with Crippen LogP contribution < -0.4 is 5.73 Å². The number of nitrogens with two attached hydrogens (primary N) is 1. The smallest absolute Gasteiger partial charge is 0.254 e. The van der Waals surface area contributed by atoms with Crippen molar-refractivity contribution in [3.63, 3.8) is 0 Å². The minimum absolute atomic E-state index is 0.107. The first-order valence-corrected chi connectivity index (χ1v) is 7.01. The first-order chi connectivity index (χ1) is 9.22. The zero-order valence-corrected chi connectivity index (χ0v) is 11.3. The fourth-order valence-corrected chi connectivity index (χ4v) is 2.52. The summed E-state index contributed by atoms with van der Waals surface area (Å²) < 4.78 is 0. The Bertz CT molecular complexity index is 446. The van der Waals surface area contributed by atoms with E-state index < -0.39 is 0 Å². The van der Waals surface area contributed by atoms with E-state index in [1.54, 1.807) is 6.07 Å². The molecule has 0 bridgehead atoms. The zero-order valence-electron chi connectivity index (χ0n) is 11.3. The number of aliphatic hydroxyl groups excluding tert-OH is 1. The standard InChI is InChI=1S/C15H22N2O2/c16-13-6-5-12-7-9-17(15(19)14(12)11-13)8-3-1-2-4-10-18/h5-6,11,18H,1-4,7-10,16H2. The van der Waals surface area contributed by atoms with Gasteiger partial charge in [0.2, 0.25) is 0 Å². The van der Waals surface area contributed by atoms with Crippen molar-refractivity contribution in [1.82, 2.24) is 4.90 Å².